The summed E-state index contributed by atoms with van der Waals surface area (Å²) in [5.41, 5.74) is 2.13. The summed E-state index contributed by atoms with van der Waals surface area (Å²) >= 11 is 0. The fourth-order valence-corrected chi connectivity index (χ4v) is 6.76. The van der Waals surface area contributed by atoms with Gasteiger partial charge in [-0.25, -0.2) is 0 Å². The third kappa shape index (κ3) is 8.80. The highest BCUT2D eigenvalue weighted by Gasteiger charge is 2.47. The molecule has 0 saturated carbocycles. The van der Waals surface area contributed by atoms with Crippen molar-refractivity contribution >= 4 is 11.8 Å². The smallest absolute Gasteiger partial charge is 0.235 e. The summed E-state index contributed by atoms with van der Waals surface area (Å²) in [5.74, 6) is -0.796. The maximum atomic E-state index is 14.4. The Hall–Kier alpha value is -4.26. The highest BCUT2D eigenvalue weighted by molar-refractivity contribution is 6.04. The lowest BCUT2D eigenvalue weighted by atomic mass is 9.75. The Morgan fingerprint density at radius 3 is 0.902 bits per heavy atom. The Bertz CT molecular complexity index is 1530. The van der Waals surface area contributed by atoms with Crippen LogP contribution in [-0.2, 0) is 20.8 Å². The SMILES string of the molecule is Cc1ccc(C(O)(c2ccc(C)cc2)[C@@H](CC(C)C)NC(=O)C(C)(C)C(=O)N[C@H](CC(C)C)C(O)(c2ccc(C)cc2)c2ccc(C)cc2)cc1. The van der Waals surface area contributed by atoms with Crippen molar-refractivity contribution in [3.05, 3.63) is 142 Å². The van der Waals surface area contributed by atoms with Gasteiger partial charge in [-0.3, -0.25) is 9.59 Å². The third-order valence-electron chi connectivity index (χ3n) is 10.1. The second-order valence-electron chi connectivity index (χ2n) is 15.9. The van der Waals surface area contributed by atoms with E-state index < -0.39 is 40.5 Å². The van der Waals surface area contributed by atoms with Crippen LogP contribution in [-0.4, -0.2) is 34.1 Å². The number of hydrogen-bond donors (Lipinski definition) is 4. The molecule has 0 unspecified atom stereocenters. The molecule has 0 bridgehead atoms. The topological polar surface area (TPSA) is 98.7 Å². The van der Waals surface area contributed by atoms with Crippen molar-refractivity contribution in [1.29, 1.82) is 0 Å². The third-order valence-corrected chi connectivity index (χ3v) is 10.1. The van der Waals surface area contributed by atoms with Crippen molar-refractivity contribution < 1.29 is 19.8 Å². The average Bonchev–Trinajstić information content (AvgIpc) is 3.07. The zero-order valence-electron chi connectivity index (χ0n) is 32.2. The molecule has 0 fully saturated rings. The predicted octanol–water partition coefficient (Wildman–Crippen LogP) is 8.18. The molecule has 51 heavy (non-hydrogen) atoms. The molecule has 4 rings (SSSR count). The minimum atomic E-state index is -1.58. The van der Waals surface area contributed by atoms with Crippen molar-refractivity contribution in [2.24, 2.45) is 17.3 Å². The van der Waals surface area contributed by atoms with E-state index in [0.717, 1.165) is 22.3 Å². The zero-order chi connectivity index (χ0) is 37.7. The van der Waals surface area contributed by atoms with Gasteiger partial charge in [-0.1, -0.05) is 147 Å². The highest BCUT2D eigenvalue weighted by Crippen LogP contribution is 2.39. The molecular weight excluding hydrogens is 633 g/mol. The van der Waals surface area contributed by atoms with E-state index in [9.17, 15) is 19.8 Å². The molecular formula is C45H58N2O4. The molecule has 6 heteroatoms. The number of amides is 2. The molecule has 0 radical (unpaired) electrons. The molecule has 0 aliphatic heterocycles. The fourth-order valence-electron chi connectivity index (χ4n) is 6.76. The first-order valence-electron chi connectivity index (χ1n) is 18.2. The standard InChI is InChI=1S/C45H58N2O4/c1-29(2)27-39(44(50,35-19-11-31(5)12-20-35)36-21-13-32(6)14-22-36)46-41(48)43(9,10)42(49)47-40(28-30(3)4)45(51,37-23-15-33(7)16-24-37)38-25-17-34(8)18-26-38/h11-26,29-30,39-40,50-51H,27-28H2,1-10H3,(H,46,48)(H,47,49)/t39-,40-/m1/s1. The number of aryl methyl sites for hydroxylation is 4. The van der Waals surface area contributed by atoms with Crippen molar-refractivity contribution in [3.63, 3.8) is 0 Å². The Morgan fingerprint density at radius 2 is 0.706 bits per heavy atom. The van der Waals surface area contributed by atoms with Crippen LogP contribution in [0.15, 0.2) is 97.1 Å². The maximum Gasteiger partial charge on any atom is 0.235 e. The van der Waals surface area contributed by atoms with Gasteiger partial charge in [-0.05, 0) is 88.5 Å². The summed E-state index contributed by atoms with van der Waals surface area (Å²) in [5, 5.41) is 31.9. The fraction of sp³-hybridized carbons (Fsp3) is 0.422. The minimum absolute atomic E-state index is 0.115. The molecule has 6 nitrogen and oxygen atoms in total. The quantitative estimate of drug-likeness (QED) is 0.100. The van der Waals surface area contributed by atoms with E-state index in [0.29, 0.717) is 35.1 Å². The summed E-state index contributed by atoms with van der Waals surface area (Å²) in [6, 6.07) is 29.4. The number of carbonyl (C=O) groups excluding carboxylic acids is 2. The summed E-state index contributed by atoms with van der Waals surface area (Å²) in [4.78, 5) is 28.9. The van der Waals surface area contributed by atoms with E-state index >= 15 is 0 Å². The van der Waals surface area contributed by atoms with Crippen molar-refractivity contribution in [1.82, 2.24) is 10.6 Å². The van der Waals surface area contributed by atoms with Gasteiger partial charge in [0.25, 0.3) is 0 Å². The van der Waals surface area contributed by atoms with Crippen LogP contribution < -0.4 is 10.6 Å². The predicted molar refractivity (Wildman–Crippen MR) is 207 cm³/mol. The van der Waals surface area contributed by atoms with Crippen LogP contribution in [0.5, 0.6) is 0 Å². The molecule has 2 atom stereocenters. The van der Waals surface area contributed by atoms with Gasteiger partial charge in [0.15, 0.2) is 0 Å². The summed E-state index contributed by atoms with van der Waals surface area (Å²) < 4.78 is 0. The lowest BCUT2D eigenvalue weighted by molar-refractivity contribution is -0.144. The molecule has 4 N–H and O–H groups in total. The summed E-state index contributed by atoms with van der Waals surface area (Å²) in [7, 11) is 0. The molecule has 0 aromatic heterocycles. The lowest BCUT2D eigenvalue weighted by Gasteiger charge is -2.41. The molecule has 2 amide bonds. The van der Waals surface area contributed by atoms with Gasteiger partial charge in [0.1, 0.15) is 16.6 Å². The molecule has 0 saturated heterocycles. The average molecular weight is 691 g/mol. The van der Waals surface area contributed by atoms with Crippen LogP contribution in [0.2, 0.25) is 0 Å². The van der Waals surface area contributed by atoms with Crippen LogP contribution in [0, 0.1) is 44.9 Å². The number of benzene rings is 4. The largest absolute Gasteiger partial charge is 0.378 e. The van der Waals surface area contributed by atoms with E-state index in [4.69, 9.17) is 0 Å². The number of carbonyl (C=O) groups is 2. The van der Waals surface area contributed by atoms with Gasteiger partial charge in [0.2, 0.25) is 11.8 Å². The molecule has 0 heterocycles. The number of aliphatic hydroxyl groups is 2. The molecule has 0 spiro atoms. The molecule has 0 aliphatic rings. The van der Waals surface area contributed by atoms with Crippen LogP contribution >= 0.6 is 0 Å². The first-order valence-corrected chi connectivity index (χ1v) is 18.2. The molecule has 4 aromatic carbocycles. The normalized spacial score (nSPS) is 13.6. The van der Waals surface area contributed by atoms with E-state index in [1.807, 2.05) is 125 Å². The second-order valence-corrected chi connectivity index (χ2v) is 15.9. The monoisotopic (exact) mass is 690 g/mol. The van der Waals surface area contributed by atoms with Crippen molar-refractivity contribution in [2.45, 2.75) is 105 Å². The Morgan fingerprint density at radius 1 is 0.490 bits per heavy atom. The summed E-state index contributed by atoms with van der Waals surface area (Å²) in [6.45, 7) is 19.4. The van der Waals surface area contributed by atoms with Gasteiger partial charge in [-0.15, -0.1) is 0 Å². The van der Waals surface area contributed by atoms with E-state index in [1.54, 1.807) is 13.8 Å². The van der Waals surface area contributed by atoms with E-state index in [1.165, 1.54) is 0 Å². The number of hydrogen-bond acceptors (Lipinski definition) is 4. The molecule has 272 valence electrons. The number of nitrogens with one attached hydrogen (secondary N) is 2. The minimum Gasteiger partial charge on any atom is -0.378 e. The van der Waals surface area contributed by atoms with Crippen LogP contribution in [0.25, 0.3) is 0 Å². The maximum absolute atomic E-state index is 14.4. The highest BCUT2D eigenvalue weighted by atomic mass is 16.3. The van der Waals surface area contributed by atoms with E-state index in [2.05, 4.69) is 38.3 Å². The Balaban J connectivity index is 1.74. The Labute approximate surface area is 305 Å². The Kier molecular flexibility index (Phi) is 12.4. The van der Waals surface area contributed by atoms with Gasteiger partial charge >= 0.3 is 0 Å². The summed E-state index contributed by atoms with van der Waals surface area (Å²) in [6.07, 6.45) is 0.913. The first kappa shape index (κ1) is 39.5. The van der Waals surface area contributed by atoms with Crippen molar-refractivity contribution in [3.8, 4) is 0 Å². The van der Waals surface area contributed by atoms with Gasteiger partial charge in [-0.2, -0.15) is 0 Å². The number of rotatable bonds is 14. The molecule has 0 aliphatic carbocycles. The first-order chi connectivity index (χ1) is 23.9. The van der Waals surface area contributed by atoms with Crippen LogP contribution in [0.1, 0.15) is 98.9 Å². The van der Waals surface area contributed by atoms with E-state index in [-0.39, 0.29) is 11.8 Å². The van der Waals surface area contributed by atoms with Crippen LogP contribution in [0.3, 0.4) is 0 Å². The lowest BCUT2D eigenvalue weighted by Crippen LogP contribution is -2.60. The second kappa shape index (κ2) is 16.0. The van der Waals surface area contributed by atoms with Crippen molar-refractivity contribution in [2.75, 3.05) is 0 Å². The van der Waals surface area contributed by atoms with Gasteiger partial charge < -0.3 is 20.8 Å². The zero-order valence-corrected chi connectivity index (χ0v) is 32.2. The molecule has 4 aromatic rings. The van der Waals surface area contributed by atoms with Crippen LogP contribution in [0.4, 0.5) is 0 Å². The van der Waals surface area contributed by atoms with Gasteiger partial charge in [0.05, 0.1) is 12.1 Å². The van der Waals surface area contributed by atoms with Gasteiger partial charge in [0, 0.05) is 0 Å².